The largest absolute Gasteiger partial charge is 0.330 e. The molecule has 0 aliphatic heterocycles. The van der Waals surface area contributed by atoms with Crippen molar-refractivity contribution in [1.82, 2.24) is 0 Å². The van der Waals surface area contributed by atoms with Crippen LogP contribution in [-0.4, -0.2) is 38.0 Å². The Morgan fingerprint density at radius 3 is 2.36 bits per heavy atom. The average molecular weight is 323 g/mol. The zero-order valence-corrected chi connectivity index (χ0v) is 15.1. The van der Waals surface area contributed by atoms with Gasteiger partial charge < -0.3 is 4.48 Å². The number of carbonyl (C=O) groups excluding carboxylic acids is 1. The van der Waals surface area contributed by atoms with Crippen molar-refractivity contribution in [2.24, 2.45) is 5.92 Å². The van der Waals surface area contributed by atoms with Gasteiger partial charge in [-0.3, -0.25) is 4.79 Å². The lowest BCUT2D eigenvalue weighted by molar-refractivity contribution is -0.872. The number of quaternary nitrogens is 1. The Labute approximate surface area is 140 Å². The molecule has 0 heterocycles. The highest BCUT2D eigenvalue weighted by atomic mass is 35.5. The van der Waals surface area contributed by atoms with E-state index in [1.165, 1.54) is 12.8 Å². The smallest absolute Gasteiger partial charge is 0.164 e. The summed E-state index contributed by atoms with van der Waals surface area (Å²) in [7, 11) is 6.43. The van der Waals surface area contributed by atoms with Crippen molar-refractivity contribution in [2.75, 3.05) is 27.7 Å². The number of ketones is 1. The highest BCUT2D eigenvalue weighted by Gasteiger charge is 2.23. The lowest BCUT2D eigenvalue weighted by atomic mass is 9.95. The van der Waals surface area contributed by atoms with Crippen LogP contribution in [0.15, 0.2) is 30.3 Å². The Hall–Kier alpha value is -1.12. The molecule has 3 heteroatoms. The van der Waals surface area contributed by atoms with Crippen LogP contribution in [0.25, 0.3) is 6.08 Å². The summed E-state index contributed by atoms with van der Waals surface area (Å²) in [5, 5.41) is 0.714. The van der Waals surface area contributed by atoms with Crippen LogP contribution in [0.1, 0.15) is 38.2 Å². The van der Waals surface area contributed by atoms with Gasteiger partial charge in [0.25, 0.3) is 0 Å². The van der Waals surface area contributed by atoms with E-state index in [1.54, 1.807) is 6.08 Å². The Bertz CT molecular complexity index is 485. The zero-order valence-electron chi connectivity index (χ0n) is 14.3. The van der Waals surface area contributed by atoms with Crippen LogP contribution in [0.4, 0.5) is 0 Å². The number of rotatable bonds is 9. The van der Waals surface area contributed by atoms with E-state index >= 15 is 0 Å². The van der Waals surface area contributed by atoms with Crippen molar-refractivity contribution < 1.29 is 9.28 Å². The average Bonchev–Trinajstić information content (AvgIpc) is 2.44. The summed E-state index contributed by atoms with van der Waals surface area (Å²) in [5.74, 6) is 0.342. The van der Waals surface area contributed by atoms with Gasteiger partial charge in [-0.2, -0.15) is 0 Å². The standard InChI is InChI=1S/C19H29ClNO/c1-5-6-7-8-17(15-21(2,3)4)19(22)14-11-16-9-12-18(20)13-10-16/h9-14,17H,5-8,15H2,1-4H3/q+1/b14-11-/t17-/m1/s1. The molecule has 0 aromatic heterocycles. The second-order valence-corrected chi connectivity index (χ2v) is 7.39. The van der Waals surface area contributed by atoms with E-state index < -0.39 is 0 Å². The molecule has 0 fully saturated rings. The first-order chi connectivity index (χ1) is 10.3. The van der Waals surface area contributed by atoms with Gasteiger partial charge in [-0.05, 0) is 30.2 Å². The predicted molar refractivity (Wildman–Crippen MR) is 96.0 cm³/mol. The molecular weight excluding hydrogens is 294 g/mol. The number of halogens is 1. The second kappa shape index (κ2) is 9.12. The van der Waals surface area contributed by atoms with Gasteiger partial charge in [0.05, 0.1) is 33.6 Å². The van der Waals surface area contributed by atoms with Crippen LogP contribution < -0.4 is 0 Å². The highest BCUT2D eigenvalue weighted by molar-refractivity contribution is 6.30. The number of unbranched alkanes of at least 4 members (excludes halogenated alkanes) is 2. The molecule has 0 spiro atoms. The molecule has 0 N–H and O–H groups in total. The van der Waals surface area contributed by atoms with Crippen molar-refractivity contribution in [3.63, 3.8) is 0 Å². The monoisotopic (exact) mass is 322 g/mol. The first kappa shape index (κ1) is 18.9. The van der Waals surface area contributed by atoms with E-state index in [1.807, 2.05) is 30.3 Å². The molecule has 1 atom stereocenters. The van der Waals surface area contributed by atoms with Gasteiger partial charge in [0.15, 0.2) is 5.78 Å². The van der Waals surface area contributed by atoms with E-state index in [0.717, 1.165) is 29.4 Å². The molecule has 0 aliphatic carbocycles. The predicted octanol–water partition coefficient (Wildman–Crippen LogP) is 4.83. The Morgan fingerprint density at radius 1 is 1.18 bits per heavy atom. The van der Waals surface area contributed by atoms with Crippen molar-refractivity contribution in [2.45, 2.75) is 32.6 Å². The van der Waals surface area contributed by atoms with Gasteiger partial charge in [0.1, 0.15) is 0 Å². The van der Waals surface area contributed by atoms with Crippen LogP contribution >= 0.6 is 11.6 Å². The first-order valence-electron chi connectivity index (χ1n) is 8.10. The minimum Gasteiger partial charge on any atom is -0.330 e. The van der Waals surface area contributed by atoms with E-state index in [9.17, 15) is 4.79 Å². The summed E-state index contributed by atoms with van der Waals surface area (Å²) in [4.78, 5) is 12.5. The molecule has 1 aromatic carbocycles. The second-order valence-electron chi connectivity index (χ2n) is 6.95. The Balaban J connectivity index is 2.70. The highest BCUT2D eigenvalue weighted by Crippen LogP contribution is 2.16. The maximum absolute atomic E-state index is 12.5. The number of carbonyl (C=O) groups is 1. The number of benzene rings is 1. The zero-order chi connectivity index (χ0) is 16.6. The summed E-state index contributed by atoms with van der Waals surface area (Å²) >= 11 is 5.88. The molecule has 122 valence electrons. The molecule has 0 amide bonds. The van der Waals surface area contributed by atoms with E-state index in [4.69, 9.17) is 11.6 Å². The summed E-state index contributed by atoms with van der Waals surface area (Å²) < 4.78 is 0.817. The van der Waals surface area contributed by atoms with Crippen molar-refractivity contribution >= 4 is 23.5 Å². The maximum Gasteiger partial charge on any atom is 0.164 e. The molecule has 1 aromatic rings. The molecule has 2 nitrogen and oxygen atoms in total. The fraction of sp³-hybridized carbons (Fsp3) is 0.526. The molecule has 1 rings (SSSR count). The third kappa shape index (κ3) is 7.77. The van der Waals surface area contributed by atoms with Crippen LogP contribution in [-0.2, 0) is 4.79 Å². The molecular formula is C19H29ClNO+. The van der Waals surface area contributed by atoms with Gasteiger partial charge >= 0.3 is 0 Å². The summed E-state index contributed by atoms with van der Waals surface area (Å²) in [6, 6.07) is 7.54. The molecule has 0 bridgehead atoms. The number of hydrogen-bond acceptors (Lipinski definition) is 1. The number of hydrogen-bond donors (Lipinski definition) is 0. The van der Waals surface area contributed by atoms with Crippen molar-refractivity contribution in [1.29, 1.82) is 0 Å². The van der Waals surface area contributed by atoms with E-state index in [-0.39, 0.29) is 11.7 Å². The van der Waals surface area contributed by atoms with E-state index in [0.29, 0.717) is 5.02 Å². The van der Waals surface area contributed by atoms with Crippen molar-refractivity contribution in [3.05, 3.63) is 40.9 Å². The van der Waals surface area contributed by atoms with E-state index in [2.05, 4.69) is 28.1 Å². The van der Waals surface area contributed by atoms with Crippen LogP contribution in [0.5, 0.6) is 0 Å². The van der Waals surface area contributed by atoms with Gasteiger partial charge in [0.2, 0.25) is 0 Å². The van der Waals surface area contributed by atoms with Crippen LogP contribution in [0.3, 0.4) is 0 Å². The lowest BCUT2D eigenvalue weighted by Crippen LogP contribution is -2.41. The first-order valence-corrected chi connectivity index (χ1v) is 8.47. The van der Waals surface area contributed by atoms with Gasteiger partial charge in [0, 0.05) is 5.02 Å². The summed E-state index contributed by atoms with van der Waals surface area (Å²) in [6.45, 7) is 3.07. The fourth-order valence-electron chi connectivity index (χ4n) is 2.51. The van der Waals surface area contributed by atoms with Crippen molar-refractivity contribution in [3.8, 4) is 0 Å². The molecule has 0 unspecified atom stereocenters. The normalized spacial score (nSPS) is 13.5. The quantitative estimate of drug-likeness (QED) is 0.362. The van der Waals surface area contributed by atoms with Crippen LogP contribution in [0, 0.1) is 5.92 Å². The molecule has 0 aliphatic rings. The third-order valence-corrected chi connectivity index (χ3v) is 3.89. The van der Waals surface area contributed by atoms with Gasteiger partial charge in [-0.1, -0.05) is 56.0 Å². The van der Waals surface area contributed by atoms with Gasteiger partial charge in [-0.15, -0.1) is 0 Å². The summed E-state index contributed by atoms with van der Waals surface area (Å²) in [6.07, 6.45) is 8.11. The Morgan fingerprint density at radius 2 is 1.82 bits per heavy atom. The number of allylic oxidation sites excluding steroid dienone is 1. The molecule has 0 saturated heterocycles. The molecule has 22 heavy (non-hydrogen) atoms. The summed E-state index contributed by atoms with van der Waals surface area (Å²) in [5.41, 5.74) is 1.01. The maximum atomic E-state index is 12.5. The minimum atomic E-state index is 0.107. The SMILES string of the molecule is CCCCC[C@H](C[N+](C)(C)C)C(=O)/C=C\c1ccc(Cl)cc1. The third-order valence-electron chi connectivity index (χ3n) is 3.64. The minimum absolute atomic E-state index is 0.107. The fourth-order valence-corrected chi connectivity index (χ4v) is 2.64. The number of nitrogens with zero attached hydrogens (tertiary/aromatic N) is 1. The topological polar surface area (TPSA) is 17.1 Å². The Kier molecular flexibility index (Phi) is 7.84. The molecule has 0 saturated carbocycles. The van der Waals surface area contributed by atoms with Gasteiger partial charge in [-0.25, -0.2) is 0 Å². The van der Waals surface area contributed by atoms with Crippen LogP contribution in [0.2, 0.25) is 5.02 Å². The molecule has 0 radical (unpaired) electrons. The lowest BCUT2D eigenvalue weighted by Gasteiger charge is -2.28.